The Balaban J connectivity index is 1.97. The first-order chi connectivity index (χ1) is 14.1. The number of aromatic amines is 1. The number of rotatable bonds is 8. The van der Waals surface area contributed by atoms with E-state index in [2.05, 4.69) is 18.0 Å². The van der Waals surface area contributed by atoms with Gasteiger partial charge in [0.15, 0.2) is 0 Å². The molecule has 1 aromatic heterocycles. The molecule has 2 aromatic carbocycles. The quantitative estimate of drug-likeness (QED) is 0.615. The van der Waals surface area contributed by atoms with Gasteiger partial charge in [0.05, 0.1) is 19.2 Å². The van der Waals surface area contributed by atoms with Crippen molar-refractivity contribution in [3.05, 3.63) is 75.6 Å². The van der Waals surface area contributed by atoms with Crippen LogP contribution in [0.3, 0.4) is 0 Å². The van der Waals surface area contributed by atoms with E-state index >= 15 is 0 Å². The molecule has 3 aromatic rings. The summed E-state index contributed by atoms with van der Waals surface area (Å²) in [4.78, 5) is 30.3. The maximum absolute atomic E-state index is 13.2. The van der Waals surface area contributed by atoms with Gasteiger partial charge in [-0.2, -0.15) is 0 Å². The minimum absolute atomic E-state index is 0.0381. The molecule has 0 aliphatic heterocycles. The molecule has 0 spiro atoms. The number of carbonyl (C=O) groups excluding carboxylic acids is 1. The molecule has 152 valence electrons. The first-order valence-electron chi connectivity index (χ1n) is 9.75. The van der Waals surface area contributed by atoms with Crippen LogP contribution in [-0.4, -0.2) is 41.2 Å². The number of methoxy groups -OCH3 is 1. The van der Waals surface area contributed by atoms with Crippen LogP contribution in [-0.2, 0) is 13.0 Å². The van der Waals surface area contributed by atoms with E-state index in [0.29, 0.717) is 29.8 Å². The lowest BCUT2D eigenvalue weighted by Crippen LogP contribution is -2.34. The maximum atomic E-state index is 13.2. The lowest BCUT2D eigenvalue weighted by molar-refractivity contribution is 0.0728. The van der Waals surface area contributed by atoms with E-state index < -0.39 is 0 Å². The van der Waals surface area contributed by atoms with Gasteiger partial charge in [0.25, 0.3) is 11.5 Å². The van der Waals surface area contributed by atoms with Crippen LogP contribution in [0.4, 0.5) is 0 Å². The topological polar surface area (TPSA) is 82.6 Å². The number of nitrogens with one attached hydrogen (secondary N) is 1. The molecular weight excluding hydrogens is 368 g/mol. The molecule has 1 heterocycles. The number of H-pyrrole nitrogens is 1. The zero-order valence-electron chi connectivity index (χ0n) is 16.8. The fourth-order valence-electron chi connectivity index (χ4n) is 3.35. The molecule has 0 radical (unpaired) electrons. The summed E-state index contributed by atoms with van der Waals surface area (Å²) in [7, 11) is 1.52. The molecule has 3 rings (SSSR count). The molecule has 6 nitrogen and oxygen atoms in total. The predicted molar refractivity (Wildman–Crippen MR) is 113 cm³/mol. The van der Waals surface area contributed by atoms with Crippen LogP contribution in [0.15, 0.2) is 53.3 Å². The van der Waals surface area contributed by atoms with Crippen molar-refractivity contribution < 1.29 is 14.6 Å². The number of fused-ring (bicyclic) bond motifs is 1. The van der Waals surface area contributed by atoms with Gasteiger partial charge in [-0.15, -0.1) is 0 Å². The van der Waals surface area contributed by atoms with E-state index in [1.165, 1.54) is 12.7 Å². The molecule has 0 aliphatic rings. The van der Waals surface area contributed by atoms with E-state index in [4.69, 9.17) is 4.74 Å². The smallest absolute Gasteiger partial charge is 0.257 e. The summed E-state index contributed by atoms with van der Waals surface area (Å²) in [6.07, 6.45) is 1.33. The summed E-state index contributed by atoms with van der Waals surface area (Å²) >= 11 is 0. The third-order valence-electron chi connectivity index (χ3n) is 4.97. The van der Waals surface area contributed by atoms with Gasteiger partial charge in [-0.05, 0) is 54.1 Å². The Morgan fingerprint density at radius 3 is 2.69 bits per heavy atom. The van der Waals surface area contributed by atoms with Crippen molar-refractivity contribution in [3.8, 4) is 5.75 Å². The molecular formula is C23H26N2O4. The van der Waals surface area contributed by atoms with Crippen molar-refractivity contribution in [1.29, 1.82) is 0 Å². The van der Waals surface area contributed by atoms with Crippen molar-refractivity contribution in [2.24, 2.45) is 0 Å². The number of aliphatic hydroxyl groups excluding tert-OH is 1. The number of aliphatic hydroxyl groups is 1. The van der Waals surface area contributed by atoms with Crippen LogP contribution in [0.25, 0.3) is 10.9 Å². The van der Waals surface area contributed by atoms with E-state index in [1.807, 2.05) is 18.2 Å². The Morgan fingerprint density at radius 1 is 1.17 bits per heavy atom. The highest BCUT2D eigenvalue weighted by atomic mass is 16.5. The van der Waals surface area contributed by atoms with Crippen LogP contribution in [0.5, 0.6) is 5.75 Å². The average molecular weight is 394 g/mol. The number of benzene rings is 2. The molecule has 1 amide bonds. The van der Waals surface area contributed by atoms with E-state index in [1.54, 1.807) is 29.2 Å². The maximum Gasteiger partial charge on any atom is 0.257 e. The lowest BCUT2D eigenvalue weighted by Gasteiger charge is -2.23. The number of pyridine rings is 1. The summed E-state index contributed by atoms with van der Waals surface area (Å²) in [5.74, 6) is 0.240. The predicted octanol–water partition coefficient (Wildman–Crippen LogP) is 3.12. The van der Waals surface area contributed by atoms with Crippen molar-refractivity contribution in [2.75, 3.05) is 20.3 Å². The number of nitrogens with zero attached hydrogens (tertiary/aromatic N) is 1. The highest BCUT2D eigenvalue weighted by molar-refractivity contribution is 5.97. The molecule has 0 aliphatic carbocycles. The number of ether oxygens (including phenoxy) is 1. The minimum Gasteiger partial charge on any atom is -0.496 e. The summed E-state index contributed by atoms with van der Waals surface area (Å²) in [5.41, 5.74) is 2.67. The normalized spacial score (nSPS) is 10.9. The van der Waals surface area contributed by atoms with Crippen LogP contribution >= 0.6 is 0 Å². The van der Waals surface area contributed by atoms with Gasteiger partial charge in [0, 0.05) is 24.2 Å². The monoisotopic (exact) mass is 394 g/mol. The van der Waals surface area contributed by atoms with Gasteiger partial charge < -0.3 is 19.7 Å². The van der Waals surface area contributed by atoms with E-state index in [9.17, 15) is 14.7 Å². The van der Waals surface area contributed by atoms with Gasteiger partial charge in [-0.25, -0.2) is 0 Å². The second-order valence-corrected chi connectivity index (χ2v) is 6.90. The largest absolute Gasteiger partial charge is 0.496 e. The number of aryl methyl sites for hydroxylation is 1. The number of amides is 1. The zero-order chi connectivity index (χ0) is 20.8. The molecule has 0 fully saturated rings. The fraction of sp³-hybridized carbons (Fsp3) is 0.304. The first-order valence-corrected chi connectivity index (χ1v) is 9.75. The van der Waals surface area contributed by atoms with Crippen LogP contribution in [0.1, 0.15) is 34.8 Å². The van der Waals surface area contributed by atoms with Crippen LogP contribution in [0.2, 0.25) is 0 Å². The Hall–Kier alpha value is -3.12. The van der Waals surface area contributed by atoms with Gasteiger partial charge in [0.1, 0.15) is 5.75 Å². The highest BCUT2D eigenvalue weighted by Gasteiger charge is 2.20. The SMILES string of the molecule is CCc1ccc2[nH]c(=O)c(CN(CCCO)C(=O)c3ccccc3OC)cc2c1. The third-order valence-corrected chi connectivity index (χ3v) is 4.97. The van der Waals surface area contributed by atoms with Gasteiger partial charge in [-0.3, -0.25) is 9.59 Å². The standard InChI is InChI=1S/C23H26N2O4/c1-3-16-9-10-20-17(13-16)14-18(22(27)24-20)15-25(11-6-12-26)23(28)19-7-4-5-8-21(19)29-2/h4-5,7-10,13-14,26H,3,6,11-12,15H2,1-2H3,(H,24,27). The number of carbonyl (C=O) groups is 1. The molecule has 0 saturated carbocycles. The van der Waals surface area contributed by atoms with Crippen LogP contribution in [0, 0.1) is 0 Å². The number of aromatic nitrogens is 1. The molecule has 2 N–H and O–H groups in total. The summed E-state index contributed by atoms with van der Waals surface area (Å²) in [5, 5.41) is 10.2. The summed E-state index contributed by atoms with van der Waals surface area (Å²) in [6, 6.07) is 14.8. The first kappa shape index (κ1) is 20.6. The molecule has 0 unspecified atom stereocenters. The molecule has 0 bridgehead atoms. The lowest BCUT2D eigenvalue weighted by atomic mass is 10.1. The second kappa shape index (κ2) is 9.39. The van der Waals surface area contributed by atoms with Gasteiger partial charge in [-0.1, -0.05) is 25.1 Å². The Bertz CT molecular complexity index is 1060. The van der Waals surface area contributed by atoms with E-state index in [0.717, 1.165) is 17.3 Å². The number of hydrogen-bond donors (Lipinski definition) is 2. The van der Waals surface area contributed by atoms with Gasteiger partial charge >= 0.3 is 0 Å². The van der Waals surface area contributed by atoms with Crippen molar-refractivity contribution in [3.63, 3.8) is 0 Å². The molecule has 6 heteroatoms. The molecule has 0 saturated heterocycles. The Labute approximate surface area is 169 Å². The zero-order valence-corrected chi connectivity index (χ0v) is 16.8. The number of para-hydroxylation sites is 1. The molecule has 0 atom stereocenters. The van der Waals surface area contributed by atoms with Crippen molar-refractivity contribution in [2.45, 2.75) is 26.3 Å². The Kier molecular flexibility index (Phi) is 6.67. The van der Waals surface area contributed by atoms with E-state index in [-0.39, 0.29) is 24.6 Å². The number of hydrogen-bond acceptors (Lipinski definition) is 4. The second-order valence-electron chi connectivity index (χ2n) is 6.90. The Morgan fingerprint density at radius 2 is 1.97 bits per heavy atom. The summed E-state index contributed by atoms with van der Waals surface area (Å²) in [6.45, 7) is 2.53. The van der Waals surface area contributed by atoms with Crippen molar-refractivity contribution >= 4 is 16.8 Å². The minimum atomic E-state index is -0.238. The summed E-state index contributed by atoms with van der Waals surface area (Å²) < 4.78 is 5.31. The van der Waals surface area contributed by atoms with Crippen LogP contribution < -0.4 is 10.3 Å². The fourth-order valence-corrected chi connectivity index (χ4v) is 3.35. The third kappa shape index (κ3) is 4.66. The highest BCUT2D eigenvalue weighted by Crippen LogP contribution is 2.21. The van der Waals surface area contributed by atoms with Gasteiger partial charge in [0.2, 0.25) is 0 Å². The molecule has 29 heavy (non-hydrogen) atoms. The average Bonchev–Trinajstić information content (AvgIpc) is 2.76. The van der Waals surface area contributed by atoms with Crippen molar-refractivity contribution in [1.82, 2.24) is 9.88 Å².